The fourth-order valence-electron chi connectivity index (χ4n) is 3.57. The van der Waals surface area contributed by atoms with E-state index in [0.29, 0.717) is 22.6 Å². The molecule has 3 nitrogen and oxygen atoms in total. The third-order valence-corrected chi connectivity index (χ3v) is 5.02. The molecule has 30 heavy (non-hydrogen) atoms. The summed E-state index contributed by atoms with van der Waals surface area (Å²) in [5, 5.41) is 9.25. The highest BCUT2D eigenvalue weighted by Crippen LogP contribution is 2.43. The van der Waals surface area contributed by atoms with Gasteiger partial charge in [0.2, 0.25) is 0 Å². The van der Waals surface area contributed by atoms with Crippen LogP contribution in [0.25, 0.3) is 17.2 Å². The Hall–Kier alpha value is -3.73. The summed E-state index contributed by atoms with van der Waals surface area (Å²) in [7, 11) is 0. The van der Waals surface area contributed by atoms with Crippen LogP contribution in [-0.4, -0.2) is 11.1 Å². The van der Waals surface area contributed by atoms with Crippen molar-refractivity contribution in [2.75, 3.05) is 0 Å². The Morgan fingerprint density at radius 3 is 2.13 bits per heavy atom. The number of rotatable bonds is 5. The molecule has 0 saturated heterocycles. The first-order valence-corrected chi connectivity index (χ1v) is 9.38. The lowest BCUT2D eigenvalue weighted by molar-refractivity contribution is -0.135. The molecule has 0 unspecified atom stereocenters. The minimum atomic E-state index is -0.928. The summed E-state index contributed by atoms with van der Waals surface area (Å²) in [5.74, 6) is -0.501. The van der Waals surface area contributed by atoms with E-state index in [1.807, 2.05) is 25.1 Å². The number of carbonyl (C=O) groups is 1. The number of hydrogen-bond donors (Lipinski definition) is 1. The summed E-state index contributed by atoms with van der Waals surface area (Å²) in [6.45, 7) is 1.86. The zero-order valence-electron chi connectivity index (χ0n) is 16.2. The standard InChI is InChI=1S/C25H18F2O3/c1-15-22(24-13-18(27)6-11-21(24)23(15)14-25(28)29)12-16-2-7-19(8-3-16)30-20-9-4-17(26)5-10-20/h2-13H,14H2,1H3,(H,28,29)/b22-12-. The van der Waals surface area contributed by atoms with Crippen molar-refractivity contribution in [1.82, 2.24) is 0 Å². The number of ether oxygens (including phenoxy) is 1. The molecule has 0 atom stereocenters. The first kappa shape index (κ1) is 19.6. The maximum atomic E-state index is 13.9. The topological polar surface area (TPSA) is 46.5 Å². The van der Waals surface area contributed by atoms with Crippen molar-refractivity contribution in [2.45, 2.75) is 13.3 Å². The molecule has 3 aromatic rings. The van der Waals surface area contributed by atoms with Gasteiger partial charge in [0, 0.05) is 0 Å². The average Bonchev–Trinajstić information content (AvgIpc) is 2.96. The Bertz CT molecular complexity index is 1170. The average molecular weight is 404 g/mol. The van der Waals surface area contributed by atoms with E-state index in [1.165, 1.54) is 24.3 Å². The number of fused-ring (bicyclic) bond motifs is 1. The number of halogens is 2. The molecule has 0 aliphatic heterocycles. The minimum absolute atomic E-state index is 0.119. The number of benzene rings is 3. The molecule has 0 amide bonds. The van der Waals surface area contributed by atoms with Gasteiger partial charge in [-0.1, -0.05) is 18.2 Å². The van der Waals surface area contributed by atoms with E-state index in [-0.39, 0.29) is 18.1 Å². The van der Waals surface area contributed by atoms with E-state index >= 15 is 0 Å². The molecule has 0 saturated carbocycles. The molecule has 0 heterocycles. The highest BCUT2D eigenvalue weighted by Gasteiger charge is 2.25. The van der Waals surface area contributed by atoms with Gasteiger partial charge in [-0.2, -0.15) is 0 Å². The molecular formula is C25H18F2O3. The second kappa shape index (κ2) is 7.95. The lowest BCUT2D eigenvalue weighted by Gasteiger charge is -2.07. The van der Waals surface area contributed by atoms with Crippen LogP contribution in [0.3, 0.4) is 0 Å². The van der Waals surface area contributed by atoms with Gasteiger partial charge in [0.25, 0.3) is 0 Å². The fourth-order valence-corrected chi connectivity index (χ4v) is 3.57. The van der Waals surface area contributed by atoms with Gasteiger partial charge in [0.05, 0.1) is 6.42 Å². The quantitative estimate of drug-likeness (QED) is 0.524. The van der Waals surface area contributed by atoms with Crippen molar-refractivity contribution in [2.24, 2.45) is 0 Å². The number of allylic oxidation sites excluding steroid dienone is 2. The summed E-state index contributed by atoms with van der Waals surface area (Å²) >= 11 is 0. The van der Waals surface area contributed by atoms with E-state index in [9.17, 15) is 18.7 Å². The second-order valence-electron chi connectivity index (χ2n) is 7.05. The summed E-state index contributed by atoms with van der Waals surface area (Å²) in [5.41, 5.74) is 4.62. The Morgan fingerprint density at radius 2 is 1.50 bits per heavy atom. The molecule has 0 fully saturated rings. The van der Waals surface area contributed by atoms with Crippen molar-refractivity contribution in [3.05, 3.63) is 101 Å². The molecule has 3 aromatic carbocycles. The SMILES string of the molecule is CC1=C(CC(=O)O)c2ccc(F)cc2/C1=C\c1ccc(Oc2ccc(F)cc2)cc1. The van der Waals surface area contributed by atoms with Crippen LogP contribution < -0.4 is 4.74 Å². The summed E-state index contributed by atoms with van der Waals surface area (Å²) in [6, 6.07) is 17.4. The van der Waals surface area contributed by atoms with Gasteiger partial charge in [0.1, 0.15) is 23.1 Å². The normalized spacial score (nSPS) is 14.2. The zero-order valence-corrected chi connectivity index (χ0v) is 16.2. The Kier molecular flexibility index (Phi) is 5.19. The molecule has 5 heteroatoms. The predicted octanol–water partition coefficient (Wildman–Crippen LogP) is 6.56. The lowest BCUT2D eigenvalue weighted by atomic mass is 10.0. The number of carboxylic acid groups (broad SMARTS) is 1. The van der Waals surface area contributed by atoms with Gasteiger partial charge in [0.15, 0.2) is 0 Å². The van der Waals surface area contributed by atoms with E-state index in [0.717, 1.165) is 22.3 Å². The van der Waals surface area contributed by atoms with Crippen LogP contribution >= 0.6 is 0 Å². The third-order valence-electron chi connectivity index (χ3n) is 5.02. The molecule has 4 rings (SSSR count). The van der Waals surface area contributed by atoms with E-state index in [2.05, 4.69) is 0 Å². The van der Waals surface area contributed by atoms with Crippen LogP contribution in [0.15, 0.2) is 72.3 Å². The molecular weight excluding hydrogens is 386 g/mol. The number of hydrogen-bond acceptors (Lipinski definition) is 2. The monoisotopic (exact) mass is 404 g/mol. The maximum Gasteiger partial charge on any atom is 0.307 e. The Balaban J connectivity index is 1.65. The Labute approximate surface area is 172 Å². The van der Waals surface area contributed by atoms with Gasteiger partial charge in [-0.25, -0.2) is 8.78 Å². The summed E-state index contributed by atoms with van der Waals surface area (Å²) < 4.78 is 32.6. The van der Waals surface area contributed by atoms with Gasteiger partial charge in [-0.15, -0.1) is 0 Å². The van der Waals surface area contributed by atoms with E-state index in [1.54, 1.807) is 30.3 Å². The summed E-state index contributed by atoms with van der Waals surface area (Å²) in [4.78, 5) is 11.3. The smallest absolute Gasteiger partial charge is 0.307 e. The maximum absolute atomic E-state index is 13.9. The van der Waals surface area contributed by atoms with Crippen LogP contribution in [0.2, 0.25) is 0 Å². The first-order chi connectivity index (χ1) is 14.4. The van der Waals surface area contributed by atoms with Crippen LogP contribution in [0.4, 0.5) is 8.78 Å². The van der Waals surface area contributed by atoms with Crippen LogP contribution in [0.1, 0.15) is 30.0 Å². The molecule has 0 aromatic heterocycles. The molecule has 1 aliphatic carbocycles. The van der Waals surface area contributed by atoms with Gasteiger partial charge in [-0.3, -0.25) is 4.79 Å². The summed E-state index contributed by atoms with van der Waals surface area (Å²) in [6.07, 6.45) is 1.79. The van der Waals surface area contributed by atoms with Crippen molar-refractivity contribution in [3.8, 4) is 11.5 Å². The largest absolute Gasteiger partial charge is 0.481 e. The highest BCUT2D eigenvalue weighted by atomic mass is 19.1. The Morgan fingerprint density at radius 1 is 0.900 bits per heavy atom. The molecule has 1 N–H and O–H groups in total. The predicted molar refractivity (Wildman–Crippen MR) is 112 cm³/mol. The third kappa shape index (κ3) is 4.01. The van der Waals surface area contributed by atoms with Gasteiger partial charge >= 0.3 is 5.97 Å². The van der Waals surface area contributed by atoms with Crippen molar-refractivity contribution >= 4 is 23.2 Å². The van der Waals surface area contributed by atoms with E-state index in [4.69, 9.17) is 4.74 Å². The van der Waals surface area contributed by atoms with Crippen molar-refractivity contribution < 1.29 is 23.4 Å². The van der Waals surface area contributed by atoms with Crippen molar-refractivity contribution in [3.63, 3.8) is 0 Å². The van der Waals surface area contributed by atoms with Gasteiger partial charge in [-0.05, 0) is 94.9 Å². The minimum Gasteiger partial charge on any atom is -0.481 e. The molecule has 1 aliphatic rings. The van der Waals surface area contributed by atoms with Crippen LogP contribution in [0.5, 0.6) is 11.5 Å². The second-order valence-corrected chi connectivity index (χ2v) is 7.05. The van der Waals surface area contributed by atoms with E-state index < -0.39 is 5.97 Å². The molecule has 0 spiro atoms. The van der Waals surface area contributed by atoms with Crippen LogP contribution in [-0.2, 0) is 4.79 Å². The van der Waals surface area contributed by atoms with Crippen LogP contribution in [0, 0.1) is 11.6 Å². The van der Waals surface area contributed by atoms with Crippen molar-refractivity contribution in [1.29, 1.82) is 0 Å². The lowest BCUT2D eigenvalue weighted by Crippen LogP contribution is -1.96. The van der Waals surface area contributed by atoms with Gasteiger partial charge < -0.3 is 9.84 Å². The fraction of sp³-hybridized carbons (Fsp3) is 0.0800. The number of aliphatic carboxylic acids is 1. The number of carboxylic acids is 1. The molecule has 150 valence electrons. The molecule has 0 bridgehead atoms. The zero-order chi connectivity index (χ0) is 21.3. The molecule has 0 radical (unpaired) electrons. The highest BCUT2D eigenvalue weighted by molar-refractivity contribution is 6.07. The first-order valence-electron chi connectivity index (χ1n) is 9.38.